The molecule has 13 heavy (non-hydrogen) atoms. The van der Waals surface area contributed by atoms with E-state index < -0.39 is 0 Å². The zero-order valence-corrected chi connectivity index (χ0v) is 8.76. The monoisotopic (exact) mass is 178 g/mol. The Bertz CT molecular complexity index is 244. The summed E-state index contributed by atoms with van der Waals surface area (Å²) < 4.78 is 0. The topological polar surface area (TPSA) is 17.1 Å². The molecule has 0 aromatic carbocycles. The highest BCUT2D eigenvalue weighted by molar-refractivity contribution is 5.99. The average molecular weight is 178 g/mol. The minimum Gasteiger partial charge on any atom is -0.294 e. The fourth-order valence-electron chi connectivity index (χ4n) is 1.08. The highest BCUT2D eigenvalue weighted by atomic mass is 16.1. The largest absolute Gasteiger partial charge is 0.294 e. The third-order valence-corrected chi connectivity index (χ3v) is 1.92. The van der Waals surface area contributed by atoms with Gasteiger partial charge >= 0.3 is 0 Å². The highest BCUT2D eigenvalue weighted by Gasteiger charge is 2.08. The van der Waals surface area contributed by atoms with Gasteiger partial charge in [0.1, 0.15) is 0 Å². The highest BCUT2D eigenvalue weighted by Crippen LogP contribution is 2.13. The molecule has 0 heterocycles. The lowest BCUT2D eigenvalue weighted by Gasteiger charge is -2.04. The molecule has 1 nitrogen and oxygen atoms in total. The van der Waals surface area contributed by atoms with E-state index in [0.29, 0.717) is 6.42 Å². The summed E-state index contributed by atoms with van der Waals surface area (Å²) in [4.78, 5) is 11.6. The van der Waals surface area contributed by atoms with Gasteiger partial charge in [-0.2, -0.15) is 0 Å². The van der Waals surface area contributed by atoms with Crippen molar-refractivity contribution in [2.24, 2.45) is 0 Å². The fraction of sp³-hybridized carbons (Fsp3) is 0.417. The normalized spacial score (nSPS) is 12.8. The van der Waals surface area contributed by atoms with Gasteiger partial charge in [0.05, 0.1) is 0 Å². The average Bonchev–Trinajstić information content (AvgIpc) is 2.13. The zero-order valence-electron chi connectivity index (χ0n) is 8.76. The van der Waals surface area contributed by atoms with E-state index in [9.17, 15) is 4.79 Å². The first-order chi connectivity index (χ1) is 6.17. The lowest BCUT2D eigenvalue weighted by Crippen LogP contribution is -2.02. The van der Waals surface area contributed by atoms with E-state index in [-0.39, 0.29) is 5.78 Å². The quantitative estimate of drug-likeness (QED) is 0.465. The van der Waals surface area contributed by atoms with E-state index in [2.05, 4.69) is 6.58 Å². The maximum absolute atomic E-state index is 11.6. The molecule has 0 fully saturated rings. The minimum absolute atomic E-state index is 0.206. The van der Waals surface area contributed by atoms with Crippen molar-refractivity contribution in [2.45, 2.75) is 33.6 Å². The van der Waals surface area contributed by atoms with Crippen molar-refractivity contribution in [2.75, 3.05) is 0 Å². The van der Waals surface area contributed by atoms with Crippen molar-refractivity contribution in [3.05, 3.63) is 36.0 Å². The maximum Gasteiger partial charge on any atom is 0.163 e. The van der Waals surface area contributed by atoms with Crippen LogP contribution in [0.15, 0.2) is 36.0 Å². The Morgan fingerprint density at radius 1 is 1.46 bits per heavy atom. The van der Waals surface area contributed by atoms with Crippen LogP contribution in [0.1, 0.15) is 33.6 Å². The molecule has 0 radical (unpaired) electrons. The van der Waals surface area contributed by atoms with E-state index in [0.717, 1.165) is 17.6 Å². The second-order valence-corrected chi connectivity index (χ2v) is 2.96. The Morgan fingerprint density at radius 2 is 2.08 bits per heavy atom. The predicted molar refractivity (Wildman–Crippen MR) is 57.6 cm³/mol. The molecule has 0 aliphatic carbocycles. The molecule has 0 amide bonds. The van der Waals surface area contributed by atoms with Gasteiger partial charge in [-0.3, -0.25) is 4.79 Å². The standard InChI is InChI=1S/C12H18O/c1-5-8-11(10(4)7-3)12(13)9-6-2/h5,7-8H,1,6,9H2,2-4H3/b10-7-,11-8+. The number of carbonyl (C=O) groups is 1. The van der Waals surface area contributed by atoms with Gasteiger partial charge in [-0.1, -0.05) is 31.7 Å². The van der Waals surface area contributed by atoms with E-state index in [1.54, 1.807) is 12.2 Å². The Balaban J connectivity index is 4.72. The molecule has 0 aromatic rings. The van der Waals surface area contributed by atoms with Gasteiger partial charge in [-0.25, -0.2) is 0 Å². The first-order valence-corrected chi connectivity index (χ1v) is 4.66. The summed E-state index contributed by atoms with van der Waals surface area (Å²) in [6.45, 7) is 9.50. The third kappa shape index (κ3) is 3.88. The van der Waals surface area contributed by atoms with Crippen molar-refractivity contribution in [3.8, 4) is 0 Å². The van der Waals surface area contributed by atoms with Crippen molar-refractivity contribution < 1.29 is 4.79 Å². The van der Waals surface area contributed by atoms with Crippen LogP contribution in [0.2, 0.25) is 0 Å². The summed E-state index contributed by atoms with van der Waals surface area (Å²) in [6, 6.07) is 0. The summed E-state index contributed by atoms with van der Waals surface area (Å²) in [5, 5.41) is 0. The molecule has 0 atom stereocenters. The molecule has 0 saturated heterocycles. The van der Waals surface area contributed by atoms with Crippen LogP contribution >= 0.6 is 0 Å². The molecule has 0 spiro atoms. The molecule has 72 valence electrons. The Kier molecular flexibility index (Phi) is 5.86. The van der Waals surface area contributed by atoms with Gasteiger partial charge in [0.25, 0.3) is 0 Å². The first-order valence-electron chi connectivity index (χ1n) is 4.66. The second kappa shape index (κ2) is 6.41. The van der Waals surface area contributed by atoms with Crippen LogP contribution in [0, 0.1) is 0 Å². The summed E-state index contributed by atoms with van der Waals surface area (Å²) in [5.74, 6) is 0.206. The molecule has 0 aliphatic heterocycles. The lowest BCUT2D eigenvalue weighted by atomic mass is 10.00. The van der Waals surface area contributed by atoms with E-state index in [1.165, 1.54) is 0 Å². The van der Waals surface area contributed by atoms with Crippen LogP contribution in [0.3, 0.4) is 0 Å². The number of hydrogen-bond donors (Lipinski definition) is 0. The number of rotatable bonds is 5. The molecule has 1 heteroatoms. The van der Waals surface area contributed by atoms with Crippen LogP contribution in [-0.4, -0.2) is 5.78 Å². The predicted octanol–water partition coefficient (Wildman–Crippen LogP) is 3.43. The van der Waals surface area contributed by atoms with Crippen LogP contribution in [-0.2, 0) is 4.79 Å². The zero-order chi connectivity index (χ0) is 10.3. The molecule has 0 saturated carbocycles. The SMILES string of the molecule is C=C/C=C(C(=O)CCC)\C(C)=C/C. The fourth-order valence-corrected chi connectivity index (χ4v) is 1.08. The van der Waals surface area contributed by atoms with Crippen molar-refractivity contribution in [3.63, 3.8) is 0 Å². The number of Topliss-reactive ketones (excluding diaryl/α,β-unsaturated/α-hetero) is 1. The Morgan fingerprint density at radius 3 is 2.46 bits per heavy atom. The second-order valence-electron chi connectivity index (χ2n) is 2.96. The van der Waals surface area contributed by atoms with E-state index >= 15 is 0 Å². The lowest BCUT2D eigenvalue weighted by molar-refractivity contribution is -0.115. The first kappa shape index (κ1) is 11.9. The smallest absolute Gasteiger partial charge is 0.163 e. The van der Waals surface area contributed by atoms with Gasteiger partial charge in [-0.05, 0) is 25.8 Å². The molecule has 0 bridgehead atoms. The van der Waals surface area contributed by atoms with Gasteiger partial charge < -0.3 is 0 Å². The summed E-state index contributed by atoms with van der Waals surface area (Å²) in [5.41, 5.74) is 1.82. The van der Waals surface area contributed by atoms with E-state index in [4.69, 9.17) is 0 Å². The number of carbonyl (C=O) groups excluding carboxylic acids is 1. The van der Waals surface area contributed by atoms with Crippen molar-refractivity contribution >= 4 is 5.78 Å². The molecule has 0 aliphatic rings. The maximum atomic E-state index is 11.6. The van der Waals surface area contributed by atoms with Crippen LogP contribution in [0.5, 0.6) is 0 Å². The Labute approximate surface area is 80.8 Å². The van der Waals surface area contributed by atoms with Gasteiger partial charge in [0, 0.05) is 12.0 Å². The molecular weight excluding hydrogens is 160 g/mol. The molecule has 0 aromatic heterocycles. The van der Waals surface area contributed by atoms with E-state index in [1.807, 2.05) is 26.8 Å². The Hall–Kier alpha value is -1.11. The van der Waals surface area contributed by atoms with Crippen LogP contribution in [0.4, 0.5) is 0 Å². The van der Waals surface area contributed by atoms with Gasteiger partial charge in [-0.15, -0.1) is 0 Å². The van der Waals surface area contributed by atoms with Crippen molar-refractivity contribution in [1.82, 2.24) is 0 Å². The summed E-state index contributed by atoms with van der Waals surface area (Å²) >= 11 is 0. The van der Waals surface area contributed by atoms with Crippen LogP contribution < -0.4 is 0 Å². The van der Waals surface area contributed by atoms with Gasteiger partial charge in [0.2, 0.25) is 0 Å². The minimum atomic E-state index is 0.206. The molecular formula is C12H18O. The van der Waals surface area contributed by atoms with Gasteiger partial charge in [0.15, 0.2) is 5.78 Å². The summed E-state index contributed by atoms with van der Waals surface area (Å²) in [6.07, 6.45) is 6.90. The molecule has 0 unspecified atom stereocenters. The molecule has 0 rings (SSSR count). The number of allylic oxidation sites excluding steroid dienone is 5. The van der Waals surface area contributed by atoms with Crippen molar-refractivity contribution in [1.29, 1.82) is 0 Å². The number of ketones is 1. The number of hydrogen-bond acceptors (Lipinski definition) is 1. The summed E-state index contributed by atoms with van der Waals surface area (Å²) in [7, 11) is 0. The molecule has 0 N–H and O–H groups in total. The third-order valence-electron chi connectivity index (χ3n) is 1.92. The van der Waals surface area contributed by atoms with Crippen LogP contribution in [0.25, 0.3) is 0 Å².